The Morgan fingerprint density at radius 1 is 1.21 bits per heavy atom. The van der Waals surface area contributed by atoms with Gasteiger partial charge < -0.3 is 14.5 Å². The van der Waals surface area contributed by atoms with Crippen LogP contribution in [-0.2, 0) is 16.1 Å². The van der Waals surface area contributed by atoms with Crippen LogP contribution in [0.5, 0.6) is 5.75 Å². The summed E-state index contributed by atoms with van der Waals surface area (Å²) >= 11 is 1.66. The smallest absolute Gasteiger partial charge is 0.228 e. The number of nitrogens with zero attached hydrogens (tertiary/aromatic N) is 2. The van der Waals surface area contributed by atoms with Crippen LogP contribution in [0.2, 0.25) is 0 Å². The van der Waals surface area contributed by atoms with E-state index in [9.17, 15) is 9.59 Å². The van der Waals surface area contributed by atoms with Gasteiger partial charge in [-0.3, -0.25) is 9.59 Å². The monoisotopic (exact) mass is 398 g/mol. The summed E-state index contributed by atoms with van der Waals surface area (Å²) < 4.78 is 5.65. The fourth-order valence-electron chi connectivity index (χ4n) is 3.46. The second-order valence-electron chi connectivity index (χ2n) is 6.84. The fourth-order valence-corrected chi connectivity index (χ4v) is 3.87. The standard InChI is InChI=1S/C22H26N2O3S/c1-4-27-20-8-6-5-7-16(20)14-23(2)22(26)17-13-21(25)24(15-17)18-9-11-19(28-3)12-10-18/h5-12,17H,4,13-15H2,1-3H3. The van der Waals surface area contributed by atoms with Crippen molar-refractivity contribution in [3.8, 4) is 5.75 Å². The van der Waals surface area contributed by atoms with Crippen LogP contribution in [0.1, 0.15) is 18.9 Å². The van der Waals surface area contributed by atoms with Gasteiger partial charge in [-0.25, -0.2) is 0 Å². The lowest BCUT2D eigenvalue weighted by molar-refractivity contribution is -0.135. The quantitative estimate of drug-likeness (QED) is 0.666. The molecule has 1 unspecified atom stereocenters. The van der Waals surface area contributed by atoms with E-state index in [1.165, 1.54) is 0 Å². The zero-order valence-electron chi connectivity index (χ0n) is 16.6. The SMILES string of the molecule is CCOc1ccccc1CN(C)C(=O)C1CC(=O)N(c2ccc(SC)cc2)C1. The number of anilines is 1. The second kappa shape index (κ2) is 9.15. The number of hydrogen-bond acceptors (Lipinski definition) is 4. The van der Waals surface area contributed by atoms with Crippen LogP contribution in [-0.4, -0.2) is 43.2 Å². The van der Waals surface area contributed by atoms with Crippen LogP contribution in [0, 0.1) is 5.92 Å². The maximum Gasteiger partial charge on any atom is 0.228 e. The number of hydrogen-bond donors (Lipinski definition) is 0. The van der Waals surface area contributed by atoms with E-state index in [0.717, 1.165) is 21.9 Å². The van der Waals surface area contributed by atoms with E-state index in [-0.39, 0.29) is 24.2 Å². The van der Waals surface area contributed by atoms with E-state index < -0.39 is 0 Å². The average molecular weight is 399 g/mol. The van der Waals surface area contributed by atoms with Crippen LogP contribution in [0.25, 0.3) is 0 Å². The Morgan fingerprint density at radius 2 is 1.93 bits per heavy atom. The predicted octanol–water partition coefficient (Wildman–Crippen LogP) is 3.82. The molecule has 2 amide bonds. The van der Waals surface area contributed by atoms with Gasteiger partial charge >= 0.3 is 0 Å². The molecule has 1 aliphatic heterocycles. The highest BCUT2D eigenvalue weighted by Gasteiger charge is 2.36. The van der Waals surface area contributed by atoms with Crippen LogP contribution >= 0.6 is 11.8 Å². The molecule has 1 fully saturated rings. The molecule has 0 aliphatic carbocycles. The van der Waals surface area contributed by atoms with Crippen molar-refractivity contribution < 1.29 is 14.3 Å². The van der Waals surface area contributed by atoms with Crippen molar-refractivity contribution in [2.24, 2.45) is 5.92 Å². The van der Waals surface area contributed by atoms with Crippen LogP contribution < -0.4 is 9.64 Å². The topological polar surface area (TPSA) is 49.9 Å². The van der Waals surface area contributed by atoms with E-state index in [1.54, 1.807) is 28.6 Å². The van der Waals surface area contributed by atoms with Crippen LogP contribution in [0.3, 0.4) is 0 Å². The highest BCUT2D eigenvalue weighted by atomic mass is 32.2. The first-order valence-electron chi connectivity index (χ1n) is 9.43. The summed E-state index contributed by atoms with van der Waals surface area (Å²) in [5, 5.41) is 0. The first-order chi connectivity index (χ1) is 13.5. The molecule has 0 saturated carbocycles. The second-order valence-corrected chi connectivity index (χ2v) is 7.72. The zero-order valence-corrected chi connectivity index (χ0v) is 17.4. The molecule has 0 N–H and O–H groups in total. The van der Waals surface area contributed by atoms with Crippen molar-refractivity contribution in [3.05, 3.63) is 54.1 Å². The Labute approximate surface area is 170 Å². The molecular weight excluding hydrogens is 372 g/mol. The van der Waals surface area contributed by atoms with E-state index in [4.69, 9.17) is 4.74 Å². The molecule has 1 aliphatic rings. The summed E-state index contributed by atoms with van der Waals surface area (Å²) in [4.78, 5) is 30.0. The van der Waals surface area contributed by atoms with E-state index in [2.05, 4.69) is 0 Å². The van der Waals surface area contributed by atoms with Gasteiger partial charge in [-0.05, 0) is 43.5 Å². The molecule has 6 heteroatoms. The van der Waals surface area contributed by atoms with E-state index in [0.29, 0.717) is 19.7 Å². The number of carbonyl (C=O) groups excluding carboxylic acids is 2. The largest absolute Gasteiger partial charge is 0.494 e. The van der Waals surface area contributed by atoms with Gasteiger partial charge in [-0.2, -0.15) is 0 Å². The zero-order chi connectivity index (χ0) is 20.1. The first kappa shape index (κ1) is 20.3. The van der Waals surface area contributed by atoms with Crippen LogP contribution in [0.4, 0.5) is 5.69 Å². The van der Waals surface area contributed by atoms with E-state index in [1.807, 2.05) is 61.7 Å². The van der Waals surface area contributed by atoms with Crippen molar-refractivity contribution in [2.75, 3.05) is 31.4 Å². The third-order valence-electron chi connectivity index (χ3n) is 4.91. The third kappa shape index (κ3) is 4.50. The molecule has 5 nitrogen and oxygen atoms in total. The highest BCUT2D eigenvalue weighted by molar-refractivity contribution is 7.98. The number of ether oxygens (including phenoxy) is 1. The summed E-state index contributed by atoms with van der Waals surface area (Å²) in [6.07, 6.45) is 2.27. The van der Waals surface area contributed by atoms with Gasteiger partial charge in [0.1, 0.15) is 5.75 Å². The lowest BCUT2D eigenvalue weighted by atomic mass is 10.1. The van der Waals surface area contributed by atoms with Gasteiger partial charge in [0.15, 0.2) is 0 Å². The minimum atomic E-state index is -0.322. The number of amides is 2. The van der Waals surface area contributed by atoms with Gasteiger partial charge in [0.2, 0.25) is 11.8 Å². The van der Waals surface area contributed by atoms with Gasteiger partial charge in [0.05, 0.1) is 12.5 Å². The Morgan fingerprint density at radius 3 is 2.61 bits per heavy atom. The van der Waals surface area contributed by atoms with Gasteiger partial charge in [0.25, 0.3) is 0 Å². The minimum absolute atomic E-state index is 0.00151. The van der Waals surface area contributed by atoms with E-state index >= 15 is 0 Å². The maximum atomic E-state index is 12.9. The summed E-state index contributed by atoms with van der Waals surface area (Å²) in [6, 6.07) is 15.6. The number of rotatable bonds is 7. The maximum absolute atomic E-state index is 12.9. The average Bonchev–Trinajstić information content (AvgIpc) is 3.10. The molecule has 1 saturated heterocycles. The Kier molecular flexibility index (Phi) is 6.62. The highest BCUT2D eigenvalue weighted by Crippen LogP contribution is 2.28. The van der Waals surface area contributed by atoms with Gasteiger partial charge in [-0.15, -0.1) is 11.8 Å². The lowest BCUT2D eigenvalue weighted by Crippen LogP contribution is -2.34. The molecule has 0 spiro atoms. The molecule has 2 aromatic rings. The van der Waals surface area contributed by atoms with Crippen molar-refractivity contribution in [2.45, 2.75) is 24.8 Å². The number of thioether (sulfide) groups is 1. The predicted molar refractivity (Wildman–Crippen MR) is 113 cm³/mol. The molecule has 0 bridgehead atoms. The van der Waals surface area contributed by atoms with Gasteiger partial charge in [0, 0.05) is 42.7 Å². The summed E-state index contributed by atoms with van der Waals surface area (Å²) in [7, 11) is 1.78. The van der Waals surface area contributed by atoms with Crippen molar-refractivity contribution in [3.63, 3.8) is 0 Å². The lowest BCUT2D eigenvalue weighted by Gasteiger charge is -2.22. The Balaban J connectivity index is 1.66. The molecule has 2 aromatic carbocycles. The fraction of sp³-hybridized carbons (Fsp3) is 0.364. The van der Waals surface area contributed by atoms with Crippen LogP contribution in [0.15, 0.2) is 53.4 Å². The molecule has 3 rings (SSSR count). The summed E-state index contributed by atoms with van der Waals surface area (Å²) in [5.41, 5.74) is 1.82. The molecule has 28 heavy (non-hydrogen) atoms. The Hall–Kier alpha value is -2.47. The first-order valence-corrected chi connectivity index (χ1v) is 10.7. The minimum Gasteiger partial charge on any atom is -0.494 e. The molecule has 0 aromatic heterocycles. The van der Waals surface area contributed by atoms with Gasteiger partial charge in [-0.1, -0.05) is 18.2 Å². The number of para-hydroxylation sites is 1. The van der Waals surface area contributed by atoms with Crippen molar-refractivity contribution in [1.29, 1.82) is 0 Å². The summed E-state index contributed by atoms with van der Waals surface area (Å²) in [6.45, 7) is 3.40. The molecule has 148 valence electrons. The number of carbonyl (C=O) groups is 2. The van der Waals surface area contributed by atoms with Crippen molar-refractivity contribution >= 4 is 29.3 Å². The molecule has 1 atom stereocenters. The molecule has 1 heterocycles. The summed E-state index contributed by atoms with van der Waals surface area (Å²) in [5.74, 6) is 0.459. The Bertz CT molecular complexity index is 838. The number of benzene rings is 2. The third-order valence-corrected chi connectivity index (χ3v) is 5.66. The van der Waals surface area contributed by atoms with Crippen molar-refractivity contribution in [1.82, 2.24) is 4.90 Å². The normalized spacial score (nSPS) is 16.3. The molecular formula is C22H26N2O3S. The molecule has 0 radical (unpaired) electrons.